The molecule has 0 heterocycles. The van der Waals surface area contributed by atoms with Gasteiger partial charge >= 0.3 is 0 Å². The van der Waals surface area contributed by atoms with Crippen LogP contribution in [0, 0.1) is 11.5 Å². The maximum absolute atomic E-state index is 8.48. The normalized spacial score (nSPS) is 9.19. The maximum atomic E-state index is 8.48. The third-order valence-corrected chi connectivity index (χ3v) is 1.98. The van der Waals surface area contributed by atoms with Gasteiger partial charge in [-0.1, -0.05) is 30.3 Å². The highest BCUT2D eigenvalue weighted by atomic mass is 16.5. The second-order valence-electron chi connectivity index (χ2n) is 3.06. The number of benzene rings is 2. The standard InChI is InChI=1S/C13H9NO2/c14-10-15-12-8-4-5-9-13(12)16-11-6-2-1-3-7-11/h1-9H. The number of nitrogens with zero attached hydrogens (tertiary/aromatic N) is 1. The fraction of sp³-hybridized carbons (Fsp3) is 0. The Morgan fingerprint density at radius 1 is 0.812 bits per heavy atom. The molecule has 2 aromatic carbocycles. The second kappa shape index (κ2) is 4.85. The van der Waals surface area contributed by atoms with E-state index in [-0.39, 0.29) is 0 Å². The first-order valence-electron chi connectivity index (χ1n) is 4.78. The van der Waals surface area contributed by atoms with Crippen molar-refractivity contribution in [3.8, 4) is 23.5 Å². The smallest absolute Gasteiger partial charge is 0.292 e. The van der Waals surface area contributed by atoms with Gasteiger partial charge in [-0.2, -0.15) is 0 Å². The van der Waals surface area contributed by atoms with E-state index in [1.165, 1.54) is 0 Å². The van der Waals surface area contributed by atoms with Gasteiger partial charge in [0.2, 0.25) is 0 Å². The van der Waals surface area contributed by atoms with Crippen LogP contribution in [0.15, 0.2) is 54.6 Å². The van der Waals surface area contributed by atoms with E-state index in [0.717, 1.165) is 0 Å². The predicted molar refractivity (Wildman–Crippen MR) is 59.2 cm³/mol. The molecule has 3 heteroatoms. The molecule has 0 aliphatic carbocycles. The summed E-state index contributed by atoms with van der Waals surface area (Å²) in [6.45, 7) is 0. The zero-order chi connectivity index (χ0) is 11.2. The van der Waals surface area contributed by atoms with Crippen LogP contribution in [0.1, 0.15) is 0 Å². The molecular formula is C13H9NO2. The molecule has 0 spiro atoms. The predicted octanol–water partition coefficient (Wildman–Crippen LogP) is 3.34. The van der Waals surface area contributed by atoms with Crippen LogP contribution >= 0.6 is 0 Å². The molecule has 0 fully saturated rings. The highest BCUT2D eigenvalue weighted by Crippen LogP contribution is 2.30. The number of para-hydroxylation sites is 3. The van der Waals surface area contributed by atoms with Crippen molar-refractivity contribution in [2.24, 2.45) is 0 Å². The highest BCUT2D eigenvalue weighted by molar-refractivity contribution is 5.43. The molecule has 0 aromatic heterocycles. The summed E-state index contributed by atoms with van der Waals surface area (Å²) in [5, 5.41) is 8.48. The SMILES string of the molecule is N#COc1ccccc1Oc1ccccc1. The molecule has 0 atom stereocenters. The molecule has 0 bridgehead atoms. The topological polar surface area (TPSA) is 42.2 Å². The molecule has 0 aliphatic heterocycles. The van der Waals surface area contributed by atoms with Gasteiger partial charge < -0.3 is 9.47 Å². The van der Waals surface area contributed by atoms with Crippen LogP contribution in [0.25, 0.3) is 0 Å². The first kappa shape index (κ1) is 10.1. The average Bonchev–Trinajstić information content (AvgIpc) is 2.33. The van der Waals surface area contributed by atoms with Crippen molar-refractivity contribution in [1.29, 1.82) is 5.26 Å². The zero-order valence-corrected chi connectivity index (χ0v) is 8.46. The Morgan fingerprint density at radius 3 is 2.12 bits per heavy atom. The van der Waals surface area contributed by atoms with E-state index in [9.17, 15) is 0 Å². The lowest BCUT2D eigenvalue weighted by Crippen LogP contribution is -1.88. The summed E-state index contributed by atoms with van der Waals surface area (Å²) >= 11 is 0. The van der Waals surface area contributed by atoms with Crippen molar-refractivity contribution in [3.05, 3.63) is 54.6 Å². The van der Waals surface area contributed by atoms with Gasteiger partial charge in [-0.15, -0.1) is 5.26 Å². The molecule has 78 valence electrons. The molecule has 16 heavy (non-hydrogen) atoms. The quantitative estimate of drug-likeness (QED) is 0.731. The van der Waals surface area contributed by atoms with E-state index in [1.807, 2.05) is 36.4 Å². The lowest BCUT2D eigenvalue weighted by Gasteiger charge is -2.07. The first-order chi connectivity index (χ1) is 7.90. The molecule has 0 aliphatic rings. The number of hydrogen-bond donors (Lipinski definition) is 0. The Kier molecular flexibility index (Phi) is 3.05. The van der Waals surface area contributed by atoms with E-state index >= 15 is 0 Å². The van der Waals surface area contributed by atoms with Crippen LogP contribution < -0.4 is 9.47 Å². The fourth-order valence-electron chi connectivity index (χ4n) is 1.28. The number of rotatable bonds is 3. The molecule has 0 unspecified atom stereocenters. The number of ether oxygens (including phenoxy) is 2. The van der Waals surface area contributed by atoms with Gasteiger partial charge in [0.1, 0.15) is 5.75 Å². The van der Waals surface area contributed by atoms with Crippen LogP contribution in [0.5, 0.6) is 17.2 Å². The summed E-state index contributed by atoms with van der Waals surface area (Å²) in [6, 6.07) is 16.4. The van der Waals surface area contributed by atoms with Gasteiger partial charge in [-0.05, 0) is 24.3 Å². The van der Waals surface area contributed by atoms with Gasteiger partial charge in [-0.3, -0.25) is 0 Å². The van der Waals surface area contributed by atoms with E-state index in [0.29, 0.717) is 17.2 Å². The summed E-state index contributed by atoms with van der Waals surface area (Å²) in [4.78, 5) is 0. The minimum Gasteiger partial charge on any atom is -0.453 e. The monoisotopic (exact) mass is 211 g/mol. The molecule has 0 saturated heterocycles. The van der Waals surface area contributed by atoms with E-state index in [4.69, 9.17) is 14.7 Å². The highest BCUT2D eigenvalue weighted by Gasteiger charge is 2.04. The molecule has 2 aromatic rings. The summed E-state index contributed by atoms with van der Waals surface area (Å²) in [5.74, 6) is 1.64. The van der Waals surface area contributed by atoms with Crippen LogP contribution in [0.2, 0.25) is 0 Å². The van der Waals surface area contributed by atoms with Crippen molar-refractivity contribution in [1.82, 2.24) is 0 Å². The Bertz CT molecular complexity index is 503. The lowest BCUT2D eigenvalue weighted by molar-refractivity contribution is 0.429. The van der Waals surface area contributed by atoms with Gasteiger partial charge in [-0.25, -0.2) is 0 Å². The Balaban J connectivity index is 2.25. The van der Waals surface area contributed by atoms with E-state index in [1.54, 1.807) is 24.5 Å². The largest absolute Gasteiger partial charge is 0.453 e. The van der Waals surface area contributed by atoms with Crippen LogP contribution in [0.4, 0.5) is 0 Å². The van der Waals surface area contributed by atoms with Crippen molar-refractivity contribution in [2.45, 2.75) is 0 Å². The summed E-state index contributed by atoms with van der Waals surface area (Å²) in [5.41, 5.74) is 0. The minimum atomic E-state index is 0.411. The first-order valence-corrected chi connectivity index (χ1v) is 4.78. The van der Waals surface area contributed by atoms with Gasteiger partial charge in [0.05, 0.1) is 0 Å². The average molecular weight is 211 g/mol. The second-order valence-corrected chi connectivity index (χ2v) is 3.06. The third-order valence-electron chi connectivity index (χ3n) is 1.98. The Hall–Kier alpha value is -2.47. The maximum Gasteiger partial charge on any atom is 0.292 e. The molecule has 0 amide bonds. The number of nitriles is 1. The zero-order valence-electron chi connectivity index (χ0n) is 8.46. The lowest BCUT2D eigenvalue weighted by atomic mass is 10.3. The Morgan fingerprint density at radius 2 is 1.44 bits per heavy atom. The molecule has 0 radical (unpaired) electrons. The van der Waals surface area contributed by atoms with Gasteiger partial charge in [0.25, 0.3) is 6.26 Å². The molecule has 3 nitrogen and oxygen atoms in total. The molecular weight excluding hydrogens is 202 g/mol. The van der Waals surface area contributed by atoms with Crippen LogP contribution in [-0.4, -0.2) is 0 Å². The van der Waals surface area contributed by atoms with Crippen molar-refractivity contribution in [3.63, 3.8) is 0 Å². The summed E-state index contributed by atoms with van der Waals surface area (Å²) in [6.07, 6.45) is 1.63. The number of hydrogen-bond acceptors (Lipinski definition) is 3. The molecule has 0 saturated carbocycles. The van der Waals surface area contributed by atoms with Crippen LogP contribution in [-0.2, 0) is 0 Å². The Labute approximate surface area is 93.5 Å². The van der Waals surface area contributed by atoms with E-state index in [2.05, 4.69) is 0 Å². The third kappa shape index (κ3) is 2.31. The molecule has 0 N–H and O–H groups in total. The minimum absolute atomic E-state index is 0.411. The van der Waals surface area contributed by atoms with Gasteiger partial charge in [0.15, 0.2) is 11.5 Å². The fourth-order valence-corrected chi connectivity index (χ4v) is 1.28. The van der Waals surface area contributed by atoms with Crippen molar-refractivity contribution >= 4 is 0 Å². The van der Waals surface area contributed by atoms with Crippen molar-refractivity contribution < 1.29 is 9.47 Å². The van der Waals surface area contributed by atoms with Crippen LogP contribution in [0.3, 0.4) is 0 Å². The van der Waals surface area contributed by atoms with E-state index < -0.39 is 0 Å². The summed E-state index contributed by atoms with van der Waals surface area (Å²) in [7, 11) is 0. The molecule has 2 rings (SSSR count). The van der Waals surface area contributed by atoms with Crippen molar-refractivity contribution in [2.75, 3.05) is 0 Å². The van der Waals surface area contributed by atoms with Gasteiger partial charge in [0, 0.05) is 0 Å². The summed E-state index contributed by atoms with van der Waals surface area (Å²) < 4.78 is 10.4.